The maximum Gasteiger partial charge on any atom is 0.254 e. The predicted octanol–water partition coefficient (Wildman–Crippen LogP) is 3.36. The maximum absolute atomic E-state index is 13.9. The highest BCUT2D eigenvalue weighted by Gasteiger charge is 2.52. The maximum atomic E-state index is 13.9. The molecule has 0 bridgehead atoms. The number of carbonyl (C=O) groups is 3. The second-order valence-electron chi connectivity index (χ2n) is 11.9. The Labute approximate surface area is 231 Å². The number of carbonyl (C=O) groups excluding carboxylic acids is 3. The van der Waals surface area contributed by atoms with E-state index >= 15 is 0 Å². The molecule has 3 rings (SSSR count). The summed E-state index contributed by atoms with van der Waals surface area (Å²) >= 11 is 0. The smallest absolute Gasteiger partial charge is 0.254 e. The monoisotopic (exact) mass is 537 g/mol. The van der Waals surface area contributed by atoms with Gasteiger partial charge in [-0.3, -0.25) is 14.4 Å². The van der Waals surface area contributed by atoms with Crippen LogP contribution in [-0.4, -0.2) is 64.1 Å². The first-order valence-electron chi connectivity index (χ1n) is 13.6. The summed E-state index contributed by atoms with van der Waals surface area (Å²) in [6.45, 7) is 14.2. The third-order valence-corrected chi connectivity index (χ3v) is 7.99. The zero-order valence-electron chi connectivity index (χ0n) is 24.1. The van der Waals surface area contributed by atoms with E-state index in [-0.39, 0.29) is 35.5 Å². The highest BCUT2D eigenvalue weighted by atomic mass is 16.3. The van der Waals surface area contributed by atoms with Gasteiger partial charge in [0.2, 0.25) is 5.91 Å². The molecular formula is C31H43N3O5. The van der Waals surface area contributed by atoms with Gasteiger partial charge in [0.15, 0.2) is 6.10 Å². The molecule has 1 fully saturated rings. The molecule has 39 heavy (non-hydrogen) atoms. The van der Waals surface area contributed by atoms with Crippen molar-refractivity contribution in [1.29, 1.82) is 0 Å². The lowest BCUT2D eigenvalue weighted by Gasteiger charge is -2.35. The molecule has 4 N–H and O–H groups in total. The largest absolute Gasteiger partial charge is 0.508 e. The van der Waals surface area contributed by atoms with Gasteiger partial charge in [0.1, 0.15) is 11.8 Å². The molecule has 1 heterocycles. The third-order valence-electron chi connectivity index (χ3n) is 7.99. The number of nitrogens with one attached hydrogen (secondary N) is 2. The van der Waals surface area contributed by atoms with E-state index in [1.54, 1.807) is 26.0 Å². The summed E-state index contributed by atoms with van der Waals surface area (Å²) in [6, 6.07) is 10.8. The van der Waals surface area contributed by atoms with Gasteiger partial charge >= 0.3 is 0 Å². The van der Waals surface area contributed by atoms with Gasteiger partial charge < -0.3 is 25.7 Å². The molecule has 0 aromatic heterocycles. The summed E-state index contributed by atoms with van der Waals surface area (Å²) < 4.78 is 0. The summed E-state index contributed by atoms with van der Waals surface area (Å²) in [4.78, 5) is 42.0. The number of aliphatic hydroxyl groups is 1. The topological polar surface area (TPSA) is 119 Å². The number of phenolic OH excluding ortho intramolecular Hbond substituents is 1. The predicted molar refractivity (Wildman–Crippen MR) is 151 cm³/mol. The average Bonchev–Trinajstić information content (AvgIpc) is 3.12. The van der Waals surface area contributed by atoms with Crippen molar-refractivity contribution < 1.29 is 24.6 Å². The Morgan fingerprint density at radius 1 is 1.10 bits per heavy atom. The van der Waals surface area contributed by atoms with Gasteiger partial charge in [0.05, 0.1) is 6.04 Å². The average molecular weight is 538 g/mol. The van der Waals surface area contributed by atoms with Crippen LogP contribution in [0.1, 0.15) is 61.7 Å². The van der Waals surface area contributed by atoms with Crippen molar-refractivity contribution in [2.75, 3.05) is 13.1 Å². The third kappa shape index (κ3) is 6.79. The summed E-state index contributed by atoms with van der Waals surface area (Å²) in [7, 11) is 0. The molecule has 1 aliphatic rings. The number of aryl methyl sites for hydroxylation is 1. The molecule has 1 aliphatic heterocycles. The number of aromatic hydroxyl groups is 1. The van der Waals surface area contributed by atoms with Gasteiger partial charge in [-0.15, -0.1) is 0 Å². The molecule has 3 amide bonds. The lowest BCUT2D eigenvalue weighted by atomic mass is 9.77. The van der Waals surface area contributed by atoms with Crippen LogP contribution in [0, 0.1) is 31.1 Å². The number of aliphatic hydroxyl groups excluding tert-OH is 1. The zero-order valence-corrected chi connectivity index (χ0v) is 24.1. The number of hydrogen-bond acceptors (Lipinski definition) is 5. The Balaban J connectivity index is 1.92. The van der Waals surface area contributed by atoms with Crippen LogP contribution in [-0.2, 0) is 16.0 Å². The fraction of sp³-hybridized carbons (Fsp3) is 0.516. The first-order valence-corrected chi connectivity index (χ1v) is 13.6. The Hall–Kier alpha value is -3.39. The number of phenols is 1. The standard InChI is InChI=1S/C31H43N3O5/c1-18(2)16-32-29(38)27-31(6,7)20(4)17-34(27)30(39)26(36)24(15-22-11-9-8-10-12-22)33-28(37)23-13-19(3)14-25(35)21(23)5/h8-14,18,20,24,26-27,35-36H,15-17H2,1-7H3,(H,32,38)(H,33,37)/t20-,24?,26?,27?/m1/s1. The number of benzene rings is 2. The van der Waals surface area contributed by atoms with Gasteiger partial charge in [0, 0.05) is 24.2 Å². The van der Waals surface area contributed by atoms with Gasteiger partial charge in [-0.1, -0.05) is 65.0 Å². The van der Waals surface area contributed by atoms with Crippen molar-refractivity contribution in [3.8, 4) is 5.75 Å². The van der Waals surface area contributed by atoms with E-state index in [1.165, 1.54) is 4.90 Å². The van der Waals surface area contributed by atoms with Crippen LogP contribution in [0.5, 0.6) is 5.75 Å². The first kappa shape index (κ1) is 30.2. The normalized spacial score (nSPS) is 20.0. The SMILES string of the molecule is Cc1cc(O)c(C)c(C(=O)NC(Cc2ccccc2)C(O)C(=O)N2C[C@@H](C)C(C)(C)C2C(=O)NCC(C)C)c1. The Morgan fingerprint density at radius 3 is 2.36 bits per heavy atom. The molecule has 8 heteroatoms. The van der Waals surface area contributed by atoms with Crippen LogP contribution in [0.4, 0.5) is 0 Å². The van der Waals surface area contributed by atoms with E-state index in [4.69, 9.17) is 0 Å². The molecule has 1 saturated heterocycles. The minimum atomic E-state index is -1.59. The summed E-state index contributed by atoms with van der Waals surface area (Å²) in [5, 5.41) is 27.5. The highest BCUT2D eigenvalue weighted by molar-refractivity contribution is 5.97. The minimum Gasteiger partial charge on any atom is -0.508 e. The fourth-order valence-electron chi connectivity index (χ4n) is 5.18. The van der Waals surface area contributed by atoms with Gasteiger partial charge in [-0.25, -0.2) is 0 Å². The number of amides is 3. The van der Waals surface area contributed by atoms with Crippen LogP contribution >= 0.6 is 0 Å². The zero-order chi connectivity index (χ0) is 29.1. The highest BCUT2D eigenvalue weighted by Crippen LogP contribution is 2.41. The van der Waals surface area contributed by atoms with E-state index in [0.717, 1.165) is 5.56 Å². The molecular weight excluding hydrogens is 494 g/mol. The lowest BCUT2D eigenvalue weighted by molar-refractivity contribution is -0.148. The van der Waals surface area contributed by atoms with Crippen molar-refractivity contribution in [2.45, 2.75) is 73.1 Å². The Kier molecular flexibility index (Phi) is 9.43. The number of rotatable bonds is 9. The van der Waals surface area contributed by atoms with Crippen LogP contribution in [0.25, 0.3) is 0 Å². The molecule has 0 radical (unpaired) electrons. The number of hydrogen-bond donors (Lipinski definition) is 4. The van der Waals surface area contributed by atoms with E-state index < -0.39 is 35.4 Å². The molecule has 2 aromatic carbocycles. The Morgan fingerprint density at radius 2 is 1.74 bits per heavy atom. The molecule has 0 saturated carbocycles. The fourth-order valence-corrected chi connectivity index (χ4v) is 5.18. The summed E-state index contributed by atoms with van der Waals surface area (Å²) in [6.07, 6.45) is -1.39. The van der Waals surface area contributed by atoms with Gasteiger partial charge in [-0.05, 0) is 60.8 Å². The van der Waals surface area contributed by atoms with Crippen LogP contribution in [0.3, 0.4) is 0 Å². The molecule has 2 aromatic rings. The van der Waals surface area contributed by atoms with Crippen LogP contribution in [0.15, 0.2) is 42.5 Å². The van der Waals surface area contributed by atoms with E-state index in [1.807, 2.05) is 65.0 Å². The summed E-state index contributed by atoms with van der Waals surface area (Å²) in [5.74, 6) is -1.07. The Bertz CT molecular complexity index is 1190. The van der Waals surface area contributed by atoms with E-state index in [0.29, 0.717) is 24.2 Å². The van der Waals surface area contributed by atoms with Crippen LogP contribution in [0.2, 0.25) is 0 Å². The lowest BCUT2D eigenvalue weighted by Crippen LogP contribution is -2.58. The van der Waals surface area contributed by atoms with Crippen molar-refractivity contribution in [3.05, 3.63) is 64.7 Å². The molecule has 8 nitrogen and oxygen atoms in total. The molecule has 3 unspecified atom stereocenters. The quantitative estimate of drug-likeness (QED) is 0.391. The van der Waals surface area contributed by atoms with E-state index in [2.05, 4.69) is 10.6 Å². The first-order chi connectivity index (χ1) is 18.2. The van der Waals surface area contributed by atoms with Crippen molar-refractivity contribution in [1.82, 2.24) is 15.5 Å². The summed E-state index contributed by atoms with van der Waals surface area (Å²) in [5.41, 5.74) is 1.72. The van der Waals surface area contributed by atoms with Gasteiger partial charge in [-0.2, -0.15) is 0 Å². The van der Waals surface area contributed by atoms with Gasteiger partial charge in [0.25, 0.3) is 11.8 Å². The van der Waals surface area contributed by atoms with Crippen molar-refractivity contribution in [2.24, 2.45) is 17.3 Å². The van der Waals surface area contributed by atoms with Crippen LogP contribution < -0.4 is 10.6 Å². The second-order valence-corrected chi connectivity index (χ2v) is 11.9. The van der Waals surface area contributed by atoms with E-state index in [9.17, 15) is 24.6 Å². The van der Waals surface area contributed by atoms with Crippen molar-refractivity contribution >= 4 is 17.7 Å². The number of likely N-dealkylation sites (tertiary alicyclic amines) is 1. The minimum absolute atomic E-state index is 0.0000724. The molecule has 212 valence electrons. The van der Waals surface area contributed by atoms with Crippen molar-refractivity contribution in [3.63, 3.8) is 0 Å². The number of nitrogens with zero attached hydrogens (tertiary/aromatic N) is 1. The molecule has 4 atom stereocenters. The second kappa shape index (κ2) is 12.2. The molecule has 0 spiro atoms. The molecule has 0 aliphatic carbocycles.